The monoisotopic (exact) mass is 434 g/mol. The van der Waals surface area contributed by atoms with Gasteiger partial charge in [0.1, 0.15) is 12.7 Å². The van der Waals surface area contributed by atoms with Gasteiger partial charge in [0.2, 0.25) is 10.0 Å². The van der Waals surface area contributed by atoms with E-state index in [0.717, 1.165) is 15.3 Å². The third-order valence-corrected chi connectivity index (χ3v) is 6.62. The van der Waals surface area contributed by atoms with Crippen LogP contribution in [0.1, 0.15) is 5.82 Å². The predicted octanol–water partition coefficient (Wildman–Crippen LogP) is 0.0262. The summed E-state index contributed by atoms with van der Waals surface area (Å²) in [5.41, 5.74) is 0.743. The number of fused-ring (bicyclic) bond motifs is 1. The van der Waals surface area contributed by atoms with Crippen LogP contribution in [0.2, 0.25) is 0 Å². The smallest absolute Gasteiger partial charge is 0.241 e. The molecule has 0 fully saturated rings. The molecular formula is C15H18N10O2S2. The van der Waals surface area contributed by atoms with E-state index in [1.807, 2.05) is 11.9 Å². The second kappa shape index (κ2) is 7.81. The quantitative estimate of drug-likeness (QED) is 0.407. The second-order valence-electron chi connectivity index (χ2n) is 6.23. The lowest BCUT2D eigenvalue weighted by Gasteiger charge is -2.14. The predicted molar refractivity (Wildman–Crippen MR) is 106 cm³/mol. The number of rotatable bonds is 8. The van der Waals surface area contributed by atoms with Crippen LogP contribution in [0, 0.1) is 0 Å². The zero-order valence-electron chi connectivity index (χ0n) is 15.7. The Labute approximate surface area is 170 Å². The van der Waals surface area contributed by atoms with Gasteiger partial charge in [-0.3, -0.25) is 4.68 Å². The molecule has 3 aromatic heterocycles. The fourth-order valence-corrected chi connectivity index (χ4v) is 4.63. The van der Waals surface area contributed by atoms with Crippen LogP contribution in [0.15, 0.2) is 35.7 Å². The van der Waals surface area contributed by atoms with Gasteiger partial charge < -0.3 is 4.90 Å². The van der Waals surface area contributed by atoms with Crippen molar-refractivity contribution < 1.29 is 8.42 Å². The lowest BCUT2D eigenvalue weighted by atomic mass is 10.3. The van der Waals surface area contributed by atoms with E-state index in [1.165, 1.54) is 28.5 Å². The van der Waals surface area contributed by atoms with Crippen molar-refractivity contribution in [2.75, 3.05) is 18.5 Å². The number of likely N-dealkylation sites (N-methyl/N-ethyl adjacent to an activating group) is 1. The number of hydrogen-bond acceptors (Lipinski definition) is 10. The number of anilines is 1. The summed E-state index contributed by atoms with van der Waals surface area (Å²) in [7, 11) is -0.165. The Balaban J connectivity index is 1.48. The van der Waals surface area contributed by atoms with Crippen molar-refractivity contribution in [1.82, 2.24) is 44.7 Å². The highest BCUT2D eigenvalue weighted by Crippen LogP contribution is 2.30. The highest BCUT2D eigenvalue weighted by molar-refractivity contribution is 7.89. The van der Waals surface area contributed by atoms with E-state index in [4.69, 9.17) is 0 Å². The van der Waals surface area contributed by atoms with Crippen molar-refractivity contribution in [3.63, 3.8) is 0 Å². The minimum atomic E-state index is -3.71. The number of benzene rings is 1. The minimum Gasteiger partial charge on any atom is -0.349 e. The van der Waals surface area contributed by atoms with Gasteiger partial charge in [-0.25, -0.2) is 23.1 Å². The van der Waals surface area contributed by atoms with Crippen molar-refractivity contribution in [3.05, 3.63) is 36.7 Å². The van der Waals surface area contributed by atoms with E-state index < -0.39 is 10.0 Å². The Kier molecular flexibility index (Phi) is 5.21. The average molecular weight is 435 g/mol. The molecule has 0 atom stereocenters. The number of hydrogen-bond donors (Lipinski definition) is 1. The minimum absolute atomic E-state index is 0.0345. The molecule has 152 valence electrons. The lowest BCUT2D eigenvalue weighted by Crippen LogP contribution is -2.23. The molecule has 1 N–H and O–H groups in total. The molecule has 0 aliphatic rings. The molecule has 4 aromatic rings. The topological polar surface area (TPSA) is 137 Å². The second-order valence-corrected chi connectivity index (χ2v) is 9.00. The molecule has 0 spiro atoms. The van der Waals surface area contributed by atoms with E-state index >= 15 is 0 Å². The van der Waals surface area contributed by atoms with Crippen LogP contribution in [-0.2, 0) is 30.2 Å². The van der Waals surface area contributed by atoms with E-state index in [-0.39, 0.29) is 11.4 Å². The summed E-state index contributed by atoms with van der Waals surface area (Å²) < 4.78 is 30.2. The zero-order valence-corrected chi connectivity index (χ0v) is 17.3. The fourth-order valence-electron chi connectivity index (χ4n) is 2.56. The maximum atomic E-state index is 12.6. The van der Waals surface area contributed by atoms with Crippen LogP contribution in [0.25, 0.3) is 10.2 Å². The van der Waals surface area contributed by atoms with Crippen LogP contribution in [0.5, 0.6) is 0 Å². The fraction of sp³-hybridized carbons (Fsp3) is 0.333. The van der Waals surface area contributed by atoms with Gasteiger partial charge >= 0.3 is 0 Å². The number of aromatic nitrogens is 8. The molecule has 0 bridgehead atoms. The van der Waals surface area contributed by atoms with Crippen LogP contribution in [-0.4, -0.2) is 62.0 Å². The molecule has 29 heavy (non-hydrogen) atoms. The first-order valence-corrected chi connectivity index (χ1v) is 10.9. The molecule has 0 aliphatic carbocycles. The van der Waals surface area contributed by atoms with Crippen LogP contribution in [0.3, 0.4) is 0 Å². The Hall–Kier alpha value is -2.97. The highest BCUT2D eigenvalue weighted by atomic mass is 32.2. The molecule has 12 nitrogen and oxygen atoms in total. The first kappa shape index (κ1) is 19.4. The van der Waals surface area contributed by atoms with Gasteiger partial charge in [-0.1, -0.05) is 11.3 Å². The summed E-state index contributed by atoms with van der Waals surface area (Å²) in [6.07, 6.45) is 3.15. The number of nitrogens with zero attached hydrogens (tertiary/aromatic N) is 9. The van der Waals surface area contributed by atoms with Gasteiger partial charge in [0, 0.05) is 13.6 Å². The van der Waals surface area contributed by atoms with Gasteiger partial charge in [-0.15, -0.1) is 10.2 Å². The van der Waals surface area contributed by atoms with E-state index in [1.54, 1.807) is 30.2 Å². The van der Waals surface area contributed by atoms with Gasteiger partial charge in [0.25, 0.3) is 0 Å². The van der Waals surface area contributed by atoms with Gasteiger partial charge in [-0.05, 0) is 23.4 Å². The van der Waals surface area contributed by atoms with Crippen molar-refractivity contribution >= 4 is 36.7 Å². The third-order valence-electron chi connectivity index (χ3n) is 4.09. The summed E-state index contributed by atoms with van der Waals surface area (Å²) in [5.74, 6) is 0.297. The maximum Gasteiger partial charge on any atom is 0.241 e. The standard InChI is InChI=1S/C15H18N10O2S2/c1-23(5-6-25-10-16-9-17-25)15-19-12-4-3-11(7-13(12)28-15)29(26,27)18-8-14-20-22-24(2)21-14/h3-4,7,9-10,18H,5-6,8H2,1-2H3. The van der Waals surface area contributed by atoms with E-state index in [0.29, 0.717) is 18.9 Å². The summed E-state index contributed by atoms with van der Waals surface area (Å²) >= 11 is 1.43. The number of sulfonamides is 1. The van der Waals surface area contributed by atoms with Crippen molar-refractivity contribution in [1.29, 1.82) is 0 Å². The maximum absolute atomic E-state index is 12.6. The Morgan fingerprint density at radius 2 is 2.17 bits per heavy atom. The largest absolute Gasteiger partial charge is 0.349 e. The van der Waals surface area contributed by atoms with Crippen LogP contribution < -0.4 is 9.62 Å². The Morgan fingerprint density at radius 3 is 2.90 bits per heavy atom. The van der Waals surface area contributed by atoms with Crippen LogP contribution in [0.4, 0.5) is 5.13 Å². The van der Waals surface area contributed by atoms with Crippen LogP contribution >= 0.6 is 11.3 Å². The van der Waals surface area contributed by atoms with Crippen molar-refractivity contribution in [3.8, 4) is 0 Å². The molecule has 0 unspecified atom stereocenters. The number of nitrogens with one attached hydrogen (secondary N) is 1. The normalized spacial score (nSPS) is 11.9. The molecule has 0 saturated heterocycles. The average Bonchev–Trinajstić information content (AvgIpc) is 3.44. The number of aryl methyl sites for hydroxylation is 1. The molecule has 3 heterocycles. The SMILES string of the molecule is CN(CCn1cncn1)c1nc2ccc(S(=O)(=O)NCc3nnn(C)n3)cc2s1. The molecule has 1 aromatic carbocycles. The summed E-state index contributed by atoms with van der Waals surface area (Å²) in [5, 5.41) is 16.3. The van der Waals surface area contributed by atoms with E-state index in [9.17, 15) is 8.42 Å². The molecular weight excluding hydrogens is 416 g/mol. The Morgan fingerprint density at radius 1 is 1.31 bits per heavy atom. The number of tetrazole rings is 1. The van der Waals surface area contributed by atoms with Crippen molar-refractivity contribution in [2.24, 2.45) is 7.05 Å². The third kappa shape index (κ3) is 4.38. The molecule has 14 heteroatoms. The lowest BCUT2D eigenvalue weighted by molar-refractivity contribution is 0.578. The van der Waals surface area contributed by atoms with Crippen molar-refractivity contribution in [2.45, 2.75) is 18.0 Å². The zero-order chi connectivity index (χ0) is 20.4. The first-order valence-electron chi connectivity index (χ1n) is 8.57. The van der Waals surface area contributed by atoms with Gasteiger partial charge in [0.05, 0.1) is 35.2 Å². The Bertz CT molecular complexity index is 1220. The van der Waals surface area contributed by atoms with Gasteiger partial charge in [-0.2, -0.15) is 9.90 Å². The molecule has 0 saturated carbocycles. The summed E-state index contributed by atoms with van der Waals surface area (Å²) in [4.78, 5) is 11.9. The molecule has 0 radical (unpaired) electrons. The summed E-state index contributed by atoms with van der Waals surface area (Å²) in [6.45, 7) is 1.33. The molecule has 0 amide bonds. The highest BCUT2D eigenvalue weighted by Gasteiger charge is 2.17. The first-order chi connectivity index (χ1) is 13.9. The van der Waals surface area contributed by atoms with E-state index in [2.05, 4.69) is 35.2 Å². The molecule has 0 aliphatic heterocycles. The number of thiazole rings is 1. The van der Waals surface area contributed by atoms with Gasteiger partial charge in [0.15, 0.2) is 11.0 Å². The molecule has 4 rings (SSSR count). The summed E-state index contributed by atoms with van der Waals surface area (Å²) in [6, 6.07) is 4.86.